The van der Waals surface area contributed by atoms with E-state index in [4.69, 9.17) is 5.11 Å². The maximum absolute atomic E-state index is 12.6. The Kier molecular flexibility index (Phi) is 5.77. The smallest absolute Gasteiger partial charge is 0.239 e. The van der Waals surface area contributed by atoms with Crippen molar-refractivity contribution in [2.75, 3.05) is 18.1 Å². The fourth-order valence-electron chi connectivity index (χ4n) is 2.91. The average Bonchev–Trinajstić information content (AvgIpc) is 2.91. The third kappa shape index (κ3) is 3.91. The van der Waals surface area contributed by atoms with Crippen LogP contribution in [0.3, 0.4) is 0 Å². The summed E-state index contributed by atoms with van der Waals surface area (Å²) in [6.45, 7) is 6.61. The fourth-order valence-corrected chi connectivity index (χ4v) is 2.91. The minimum absolute atomic E-state index is 0.0339. The molecular weight excluding hydrogens is 292 g/mol. The number of hydrogen-bond donors (Lipinski definition) is 2. The molecule has 0 saturated carbocycles. The minimum atomic E-state index is -0.621. The molecule has 1 aliphatic rings. The Hall–Kier alpha value is -1.88. The number of benzene rings is 1. The summed E-state index contributed by atoms with van der Waals surface area (Å²) in [4.78, 5) is 26.6. The molecule has 1 aliphatic heterocycles. The van der Waals surface area contributed by atoms with Gasteiger partial charge in [-0.05, 0) is 56.4 Å². The predicted molar refractivity (Wildman–Crippen MR) is 90.3 cm³/mol. The fraction of sp³-hybridized carbons (Fsp3) is 0.556. The van der Waals surface area contributed by atoms with Crippen LogP contribution in [0.1, 0.15) is 37.3 Å². The Balaban J connectivity index is 2.06. The van der Waals surface area contributed by atoms with Crippen molar-refractivity contribution >= 4 is 17.5 Å². The molecule has 2 N–H and O–H groups in total. The molecule has 0 spiro atoms. The van der Waals surface area contributed by atoms with Gasteiger partial charge >= 0.3 is 0 Å². The maximum atomic E-state index is 12.6. The second-order valence-corrected chi connectivity index (χ2v) is 6.23. The highest BCUT2D eigenvalue weighted by Crippen LogP contribution is 2.27. The molecule has 1 saturated heterocycles. The molecule has 1 aromatic rings. The highest BCUT2D eigenvalue weighted by Gasteiger charge is 2.38. The van der Waals surface area contributed by atoms with Gasteiger partial charge in [0.15, 0.2) is 0 Å². The van der Waals surface area contributed by atoms with Crippen molar-refractivity contribution in [1.82, 2.24) is 5.32 Å². The zero-order valence-electron chi connectivity index (χ0n) is 14.1. The first-order valence-electron chi connectivity index (χ1n) is 8.27. The highest BCUT2D eigenvalue weighted by atomic mass is 16.3. The van der Waals surface area contributed by atoms with E-state index in [0.29, 0.717) is 19.4 Å². The zero-order chi connectivity index (χ0) is 17.0. The molecule has 0 bridgehead atoms. The van der Waals surface area contributed by atoms with Crippen LogP contribution in [0.2, 0.25) is 0 Å². The second kappa shape index (κ2) is 7.59. The van der Waals surface area contributed by atoms with Crippen molar-refractivity contribution in [3.63, 3.8) is 0 Å². The molecule has 1 aromatic carbocycles. The summed E-state index contributed by atoms with van der Waals surface area (Å²) in [5.41, 5.74) is 3.18. The van der Waals surface area contributed by atoms with Gasteiger partial charge < -0.3 is 15.3 Å². The standard InChI is InChI=1S/C18H26N2O3/c1-4-14(8-10-21)19-17(22)16-7-9-20(18(16)23)15-6-5-12(2)13(3)11-15/h5-6,11,14,16,21H,4,7-10H2,1-3H3,(H,19,22). The van der Waals surface area contributed by atoms with Crippen LogP contribution in [0, 0.1) is 19.8 Å². The predicted octanol–water partition coefficient (Wildman–Crippen LogP) is 1.93. The Morgan fingerprint density at radius 2 is 2.13 bits per heavy atom. The average molecular weight is 318 g/mol. The summed E-state index contributed by atoms with van der Waals surface area (Å²) < 4.78 is 0. The van der Waals surface area contributed by atoms with Crippen molar-refractivity contribution in [2.45, 2.75) is 46.1 Å². The van der Waals surface area contributed by atoms with Gasteiger partial charge in [0.05, 0.1) is 0 Å². The molecular formula is C18H26N2O3. The van der Waals surface area contributed by atoms with E-state index in [9.17, 15) is 9.59 Å². The third-order valence-electron chi connectivity index (χ3n) is 4.64. The van der Waals surface area contributed by atoms with E-state index in [1.54, 1.807) is 4.90 Å². The molecule has 0 aromatic heterocycles. The van der Waals surface area contributed by atoms with Gasteiger partial charge in [0, 0.05) is 24.9 Å². The van der Waals surface area contributed by atoms with E-state index in [2.05, 4.69) is 5.32 Å². The second-order valence-electron chi connectivity index (χ2n) is 6.23. The molecule has 2 amide bonds. The van der Waals surface area contributed by atoms with E-state index in [-0.39, 0.29) is 24.5 Å². The van der Waals surface area contributed by atoms with Crippen molar-refractivity contribution in [1.29, 1.82) is 0 Å². The molecule has 2 rings (SSSR count). The normalized spacial score (nSPS) is 19.0. The van der Waals surface area contributed by atoms with Crippen molar-refractivity contribution < 1.29 is 14.7 Å². The molecule has 1 fully saturated rings. The highest BCUT2D eigenvalue weighted by molar-refractivity contribution is 6.09. The monoisotopic (exact) mass is 318 g/mol. The van der Waals surface area contributed by atoms with Crippen LogP contribution < -0.4 is 10.2 Å². The number of aryl methyl sites for hydroxylation is 2. The minimum Gasteiger partial charge on any atom is -0.396 e. The van der Waals surface area contributed by atoms with Crippen molar-refractivity contribution in [3.05, 3.63) is 29.3 Å². The number of amides is 2. The first-order chi connectivity index (χ1) is 11.0. The molecule has 126 valence electrons. The van der Waals surface area contributed by atoms with Gasteiger partial charge in [-0.25, -0.2) is 0 Å². The Labute approximate surface area is 137 Å². The van der Waals surface area contributed by atoms with E-state index < -0.39 is 5.92 Å². The van der Waals surface area contributed by atoms with Gasteiger partial charge in [0.25, 0.3) is 0 Å². The van der Waals surface area contributed by atoms with Gasteiger partial charge in [-0.15, -0.1) is 0 Å². The van der Waals surface area contributed by atoms with E-state index in [1.807, 2.05) is 39.0 Å². The number of carbonyl (C=O) groups excluding carboxylic acids is 2. The number of anilines is 1. The van der Waals surface area contributed by atoms with E-state index in [0.717, 1.165) is 17.7 Å². The molecule has 5 nitrogen and oxygen atoms in total. The van der Waals surface area contributed by atoms with Crippen LogP contribution in [0.5, 0.6) is 0 Å². The van der Waals surface area contributed by atoms with Gasteiger partial charge in [-0.1, -0.05) is 13.0 Å². The van der Waals surface area contributed by atoms with Crippen LogP contribution in [-0.2, 0) is 9.59 Å². The summed E-state index contributed by atoms with van der Waals surface area (Å²) in [6.07, 6.45) is 1.80. The van der Waals surface area contributed by atoms with Crippen LogP contribution in [0.4, 0.5) is 5.69 Å². The van der Waals surface area contributed by atoms with Gasteiger partial charge in [0.2, 0.25) is 11.8 Å². The number of carbonyl (C=O) groups is 2. The van der Waals surface area contributed by atoms with Crippen molar-refractivity contribution in [3.8, 4) is 0 Å². The SMILES string of the molecule is CCC(CCO)NC(=O)C1CCN(c2ccc(C)c(C)c2)C1=O. The summed E-state index contributed by atoms with van der Waals surface area (Å²) in [7, 11) is 0. The van der Waals surface area contributed by atoms with Crippen LogP contribution in [0.25, 0.3) is 0 Å². The number of nitrogens with one attached hydrogen (secondary N) is 1. The first-order valence-corrected chi connectivity index (χ1v) is 8.27. The Morgan fingerprint density at radius 1 is 1.39 bits per heavy atom. The third-order valence-corrected chi connectivity index (χ3v) is 4.64. The lowest BCUT2D eigenvalue weighted by molar-refractivity contribution is -0.132. The van der Waals surface area contributed by atoms with E-state index >= 15 is 0 Å². The molecule has 1 heterocycles. The van der Waals surface area contributed by atoms with Crippen molar-refractivity contribution in [2.24, 2.45) is 5.92 Å². The molecule has 5 heteroatoms. The lowest BCUT2D eigenvalue weighted by Gasteiger charge is -2.20. The summed E-state index contributed by atoms with van der Waals surface area (Å²) >= 11 is 0. The molecule has 2 atom stereocenters. The summed E-state index contributed by atoms with van der Waals surface area (Å²) in [6, 6.07) is 5.85. The zero-order valence-corrected chi connectivity index (χ0v) is 14.1. The first kappa shape index (κ1) is 17.5. The Morgan fingerprint density at radius 3 is 2.74 bits per heavy atom. The molecule has 0 radical (unpaired) electrons. The van der Waals surface area contributed by atoms with E-state index in [1.165, 1.54) is 5.56 Å². The van der Waals surface area contributed by atoms with Gasteiger partial charge in [-0.3, -0.25) is 9.59 Å². The maximum Gasteiger partial charge on any atom is 0.239 e. The lowest BCUT2D eigenvalue weighted by atomic mass is 10.1. The topological polar surface area (TPSA) is 69.6 Å². The summed E-state index contributed by atoms with van der Waals surface area (Å²) in [5, 5.41) is 11.9. The number of rotatable bonds is 6. The van der Waals surface area contributed by atoms with Gasteiger partial charge in [-0.2, -0.15) is 0 Å². The summed E-state index contributed by atoms with van der Waals surface area (Å²) in [5.74, 6) is -0.976. The Bertz CT molecular complexity index is 586. The number of nitrogens with zero attached hydrogens (tertiary/aromatic N) is 1. The quantitative estimate of drug-likeness (QED) is 0.788. The number of aliphatic hydroxyl groups excluding tert-OH is 1. The van der Waals surface area contributed by atoms with Crippen LogP contribution in [-0.4, -0.2) is 36.1 Å². The molecule has 0 aliphatic carbocycles. The molecule has 2 unspecified atom stereocenters. The lowest BCUT2D eigenvalue weighted by Crippen LogP contribution is -2.42. The molecule has 23 heavy (non-hydrogen) atoms. The largest absolute Gasteiger partial charge is 0.396 e. The number of aliphatic hydroxyl groups is 1. The van der Waals surface area contributed by atoms with Crippen LogP contribution in [0.15, 0.2) is 18.2 Å². The van der Waals surface area contributed by atoms with Crippen LogP contribution >= 0.6 is 0 Å². The van der Waals surface area contributed by atoms with Gasteiger partial charge in [0.1, 0.15) is 5.92 Å². The number of hydrogen-bond acceptors (Lipinski definition) is 3.